The van der Waals surface area contributed by atoms with Crippen LogP contribution in [0.2, 0.25) is 0 Å². The summed E-state index contributed by atoms with van der Waals surface area (Å²) in [7, 11) is 0. The number of hydrogen-bond donors (Lipinski definition) is 2. The van der Waals surface area contributed by atoms with Crippen LogP contribution < -0.4 is 5.32 Å². The topological polar surface area (TPSA) is 35.5 Å². The quantitative estimate of drug-likeness (QED) is 0.812. The molecule has 0 spiro atoms. The second-order valence-corrected chi connectivity index (χ2v) is 6.60. The molecule has 0 unspecified atom stereocenters. The molecule has 1 atom stereocenters. The van der Waals surface area contributed by atoms with E-state index in [1.54, 1.807) is 0 Å². The van der Waals surface area contributed by atoms with Gasteiger partial charge in [-0.1, -0.05) is 28.8 Å². The van der Waals surface area contributed by atoms with Crippen molar-refractivity contribution in [2.75, 3.05) is 26.2 Å². The van der Waals surface area contributed by atoms with Crippen molar-refractivity contribution < 1.29 is 5.11 Å². The average molecular weight is 398 g/mol. The zero-order chi connectivity index (χ0) is 13.2. The maximum Gasteiger partial charge on any atom is 0.120 e. The molecule has 0 aromatic heterocycles. The standard InChI is InChI=1S/C15H21BrN2O.2ClH/c16-12-3-4-15(19)13(10-12)14(9-11-1-2-11)18-7-5-17-6-8-18;;/h3-4,10-11,14,17,19H,1-2,5-9H2;2*1H/t14-;;/m1../s1. The minimum Gasteiger partial charge on any atom is -0.508 e. The van der Waals surface area contributed by atoms with Crippen molar-refractivity contribution in [1.29, 1.82) is 0 Å². The first kappa shape index (κ1) is 19.0. The fourth-order valence-electron chi connectivity index (χ4n) is 2.93. The minimum atomic E-state index is 0. The molecule has 2 N–H and O–H groups in total. The molecule has 21 heavy (non-hydrogen) atoms. The van der Waals surface area contributed by atoms with Crippen LogP contribution in [0, 0.1) is 5.92 Å². The lowest BCUT2D eigenvalue weighted by atomic mass is 9.98. The van der Waals surface area contributed by atoms with Gasteiger partial charge < -0.3 is 10.4 Å². The van der Waals surface area contributed by atoms with E-state index in [0.29, 0.717) is 11.8 Å². The fourth-order valence-corrected chi connectivity index (χ4v) is 3.31. The first-order valence-electron chi connectivity index (χ1n) is 7.17. The Bertz CT molecular complexity index is 451. The monoisotopic (exact) mass is 396 g/mol. The van der Waals surface area contributed by atoms with Crippen molar-refractivity contribution in [3.05, 3.63) is 28.2 Å². The highest BCUT2D eigenvalue weighted by Gasteiger charge is 2.31. The molecule has 2 fully saturated rings. The van der Waals surface area contributed by atoms with Crippen LogP contribution in [0.1, 0.15) is 30.9 Å². The van der Waals surface area contributed by atoms with Crippen molar-refractivity contribution in [3.8, 4) is 5.75 Å². The minimum absolute atomic E-state index is 0. The van der Waals surface area contributed by atoms with Crippen LogP contribution in [0.5, 0.6) is 5.75 Å². The summed E-state index contributed by atoms with van der Waals surface area (Å²) in [4.78, 5) is 2.52. The fraction of sp³-hybridized carbons (Fsp3) is 0.600. The van der Waals surface area contributed by atoms with Crippen LogP contribution in [0.25, 0.3) is 0 Å². The molecule has 1 saturated carbocycles. The van der Waals surface area contributed by atoms with Crippen molar-refractivity contribution in [1.82, 2.24) is 10.2 Å². The maximum absolute atomic E-state index is 10.2. The van der Waals surface area contributed by atoms with Gasteiger partial charge in [0.2, 0.25) is 0 Å². The van der Waals surface area contributed by atoms with Gasteiger partial charge in [-0.25, -0.2) is 0 Å². The molecule has 1 heterocycles. The van der Waals surface area contributed by atoms with Gasteiger partial charge in [-0.05, 0) is 30.5 Å². The predicted molar refractivity (Wildman–Crippen MR) is 94.8 cm³/mol. The molecule has 1 aromatic carbocycles. The molecular weight excluding hydrogens is 375 g/mol. The van der Waals surface area contributed by atoms with E-state index in [1.807, 2.05) is 12.1 Å². The Labute approximate surface area is 147 Å². The van der Waals surface area contributed by atoms with Gasteiger partial charge >= 0.3 is 0 Å². The predicted octanol–water partition coefficient (Wildman–Crippen LogP) is 3.74. The summed E-state index contributed by atoms with van der Waals surface area (Å²) in [5.74, 6) is 1.30. The number of phenolic OH excluding ortho intramolecular Hbond substituents is 1. The van der Waals surface area contributed by atoms with E-state index in [0.717, 1.165) is 42.1 Å². The first-order valence-corrected chi connectivity index (χ1v) is 7.96. The third-order valence-electron chi connectivity index (χ3n) is 4.19. The number of benzene rings is 1. The van der Waals surface area contributed by atoms with E-state index < -0.39 is 0 Å². The van der Waals surface area contributed by atoms with Gasteiger partial charge in [0.15, 0.2) is 0 Å². The van der Waals surface area contributed by atoms with Gasteiger partial charge in [0.25, 0.3) is 0 Å². The normalized spacial score (nSPS) is 20.2. The van der Waals surface area contributed by atoms with E-state index in [2.05, 4.69) is 32.2 Å². The van der Waals surface area contributed by atoms with Crippen LogP contribution in [-0.2, 0) is 0 Å². The zero-order valence-corrected chi connectivity index (χ0v) is 15.1. The van der Waals surface area contributed by atoms with Crippen molar-refractivity contribution >= 4 is 40.7 Å². The zero-order valence-electron chi connectivity index (χ0n) is 11.9. The Hall–Kier alpha value is -0.0000000000000000971. The van der Waals surface area contributed by atoms with Crippen LogP contribution in [0.15, 0.2) is 22.7 Å². The van der Waals surface area contributed by atoms with Gasteiger partial charge in [0.1, 0.15) is 5.75 Å². The van der Waals surface area contributed by atoms with Crippen LogP contribution in [-0.4, -0.2) is 36.2 Å². The molecule has 120 valence electrons. The van der Waals surface area contributed by atoms with Crippen molar-refractivity contribution in [2.45, 2.75) is 25.3 Å². The molecule has 1 aliphatic heterocycles. The smallest absolute Gasteiger partial charge is 0.120 e. The van der Waals surface area contributed by atoms with E-state index >= 15 is 0 Å². The van der Waals surface area contributed by atoms with Gasteiger partial charge in [-0.15, -0.1) is 24.8 Å². The second kappa shape index (κ2) is 8.59. The van der Waals surface area contributed by atoms with Crippen LogP contribution in [0.3, 0.4) is 0 Å². The largest absolute Gasteiger partial charge is 0.508 e. The molecular formula is C15H23BrCl2N2O. The summed E-state index contributed by atoms with van der Waals surface area (Å²) in [5.41, 5.74) is 1.09. The maximum atomic E-state index is 10.2. The third kappa shape index (κ3) is 5.00. The average Bonchev–Trinajstić information content (AvgIpc) is 3.24. The molecule has 1 aliphatic carbocycles. The number of piperazine rings is 1. The summed E-state index contributed by atoms with van der Waals surface area (Å²) in [5, 5.41) is 13.6. The van der Waals surface area contributed by atoms with Crippen LogP contribution >= 0.6 is 40.7 Å². The Morgan fingerprint density at radius 1 is 1.24 bits per heavy atom. The van der Waals surface area contributed by atoms with Gasteiger partial charge in [0.05, 0.1) is 0 Å². The Morgan fingerprint density at radius 3 is 2.52 bits per heavy atom. The number of halogens is 3. The Morgan fingerprint density at radius 2 is 1.90 bits per heavy atom. The Balaban J connectivity index is 0.00000110. The van der Waals surface area contributed by atoms with Crippen LogP contribution in [0.4, 0.5) is 0 Å². The molecule has 3 rings (SSSR count). The number of rotatable bonds is 4. The van der Waals surface area contributed by atoms with E-state index in [4.69, 9.17) is 0 Å². The summed E-state index contributed by atoms with van der Waals surface area (Å²) in [6.07, 6.45) is 3.90. The molecule has 0 radical (unpaired) electrons. The number of phenols is 1. The summed E-state index contributed by atoms with van der Waals surface area (Å²) in [6.45, 7) is 4.25. The number of nitrogens with zero attached hydrogens (tertiary/aromatic N) is 1. The van der Waals surface area contributed by atoms with Gasteiger partial charge in [-0.3, -0.25) is 4.90 Å². The molecule has 6 heteroatoms. The third-order valence-corrected chi connectivity index (χ3v) is 4.69. The lowest BCUT2D eigenvalue weighted by molar-refractivity contribution is 0.158. The molecule has 1 saturated heterocycles. The molecule has 0 bridgehead atoms. The van der Waals surface area contributed by atoms with Crippen molar-refractivity contribution in [2.24, 2.45) is 5.92 Å². The summed E-state index contributed by atoms with van der Waals surface area (Å²) < 4.78 is 1.05. The van der Waals surface area contributed by atoms with Crippen molar-refractivity contribution in [3.63, 3.8) is 0 Å². The highest BCUT2D eigenvalue weighted by Crippen LogP contribution is 2.42. The summed E-state index contributed by atoms with van der Waals surface area (Å²) in [6, 6.07) is 6.17. The molecule has 2 aliphatic rings. The van der Waals surface area contributed by atoms with Gasteiger partial charge in [0, 0.05) is 42.3 Å². The van der Waals surface area contributed by atoms with Gasteiger partial charge in [-0.2, -0.15) is 0 Å². The van der Waals surface area contributed by atoms with E-state index in [-0.39, 0.29) is 24.8 Å². The first-order chi connectivity index (χ1) is 9.24. The van der Waals surface area contributed by atoms with E-state index in [9.17, 15) is 5.11 Å². The highest BCUT2D eigenvalue weighted by atomic mass is 79.9. The molecule has 1 aromatic rings. The molecule has 0 amide bonds. The SMILES string of the molecule is Cl.Cl.Oc1ccc(Br)cc1[C@@H](CC1CC1)N1CCNCC1. The lowest BCUT2D eigenvalue weighted by Crippen LogP contribution is -2.45. The second-order valence-electron chi connectivity index (χ2n) is 5.68. The summed E-state index contributed by atoms with van der Waals surface area (Å²) >= 11 is 3.53. The number of hydrogen-bond acceptors (Lipinski definition) is 3. The number of nitrogens with one attached hydrogen (secondary N) is 1. The molecule has 3 nitrogen and oxygen atoms in total. The van der Waals surface area contributed by atoms with E-state index in [1.165, 1.54) is 19.3 Å². The number of aromatic hydroxyl groups is 1. The Kier molecular flexibility index (Phi) is 7.79. The lowest BCUT2D eigenvalue weighted by Gasteiger charge is -2.35. The highest BCUT2D eigenvalue weighted by molar-refractivity contribution is 9.10.